The molecule has 1 aliphatic rings. The fourth-order valence-electron chi connectivity index (χ4n) is 6.38. The highest BCUT2D eigenvalue weighted by atomic mass is 16.3. The summed E-state index contributed by atoms with van der Waals surface area (Å²) in [4.78, 5) is 0. The molecule has 0 radical (unpaired) electrons. The van der Waals surface area contributed by atoms with Crippen molar-refractivity contribution in [1.29, 1.82) is 0 Å². The SMILES string of the molecule is CC(C)=CC[C@H](CC/C(C)=C/C=C/C(C)=C/C=C/C(C)=C/C=C/C=C(C)/C=C/C=C(C)/C=C/C1=C(C)CC[C@H](C/C=C(\C)CO)C1(C)C)C(C)(C)O. The Hall–Kier alpha value is -3.46. The topological polar surface area (TPSA) is 40.5 Å². The molecule has 0 spiro atoms. The summed E-state index contributed by atoms with van der Waals surface area (Å²) in [5.41, 5.74) is 10.9. The van der Waals surface area contributed by atoms with Crippen molar-refractivity contribution in [2.24, 2.45) is 17.3 Å². The first-order valence-electron chi connectivity index (χ1n) is 19.4. The quantitative estimate of drug-likeness (QED) is 0.104. The molecule has 2 N–H and O–H groups in total. The van der Waals surface area contributed by atoms with E-state index in [2.05, 4.69) is 173 Å². The molecule has 0 aromatic heterocycles. The van der Waals surface area contributed by atoms with Gasteiger partial charge >= 0.3 is 0 Å². The van der Waals surface area contributed by atoms with Crippen LogP contribution in [0.1, 0.15) is 129 Å². The third-order valence-corrected chi connectivity index (χ3v) is 10.3. The highest BCUT2D eigenvalue weighted by Gasteiger charge is 2.35. The molecule has 1 rings (SSSR count). The molecule has 0 aliphatic heterocycles. The largest absolute Gasteiger partial charge is 0.392 e. The second-order valence-electron chi connectivity index (χ2n) is 16.5. The van der Waals surface area contributed by atoms with E-state index in [1.54, 1.807) is 0 Å². The number of rotatable bonds is 19. The fraction of sp³-hybridized carbons (Fsp3) is 0.480. The first-order chi connectivity index (χ1) is 24.4. The summed E-state index contributed by atoms with van der Waals surface area (Å²) in [5.74, 6) is 0.834. The first-order valence-corrected chi connectivity index (χ1v) is 19.4. The summed E-state index contributed by atoms with van der Waals surface area (Å²) < 4.78 is 0. The molecule has 2 heteroatoms. The third-order valence-electron chi connectivity index (χ3n) is 10.3. The lowest BCUT2D eigenvalue weighted by atomic mass is 9.64. The molecule has 0 unspecified atom stereocenters. The predicted octanol–water partition coefficient (Wildman–Crippen LogP) is 14.1. The van der Waals surface area contributed by atoms with Crippen LogP contribution in [0.3, 0.4) is 0 Å². The van der Waals surface area contributed by atoms with E-state index in [1.807, 2.05) is 20.8 Å². The Bertz CT molecular complexity index is 1530. The van der Waals surface area contributed by atoms with Crippen LogP contribution in [0.5, 0.6) is 0 Å². The van der Waals surface area contributed by atoms with Gasteiger partial charge in [-0.15, -0.1) is 0 Å². The van der Waals surface area contributed by atoms with Gasteiger partial charge in [0, 0.05) is 0 Å². The highest BCUT2D eigenvalue weighted by molar-refractivity contribution is 5.38. The molecule has 0 fully saturated rings. The lowest BCUT2D eigenvalue weighted by Crippen LogP contribution is -2.30. The Kier molecular flexibility index (Phi) is 21.5. The second-order valence-corrected chi connectivity index (χ2v) is 16.5. The molecule has 0 bridgehead atoms. The minimum absolute atomic E-state index is 0.107. The van der Waals surface area contributed by atoms with Crippen molar-refractivity contribution in [3.05, 3.63) is 153 Å². The minimum atomic E-state index is -0.672. The number of allylic oxidation sites excluding steroid dienone is 25. The standard InChI is InChI=1S/C50H74O2/c1-38(2)27-32-47(50(12,13)52)34-28-42(6)25-18-24-41(5)23-16-21-39(3)19-14-15-20-40(4)22-17-26-43(7)30-36-48-45(9)31-35-46(49(48,10)11)33-29-44(8)37-51/h14-27,29-30,36,46-47,51-52H,28,31-35,37H2,1-13H3/b15-14+,21-16+,22-17+,24-18+,36-30+,39-19+,40-20+,41-23+,42-25+,43-26+,44-29+/t46-,47+/m0/s1. The van der Waals surface area contributed by atoms with Gasteiger partial charge in [-0.05, 0) is 138 Å². The smallest absolute Gasteiger partial charge is 0.0639 e. The maximum atomic E-state index is 10.6. The summed E-state index contributed by atoms with van der Waals surface area (Å²) in [6, 6.07) is 0. The van der Waals surface area contributed by atoms with Crippen molar-refractivity contribution in [3.8, 4) is 0 Å². The Labute approximate surface area is 320 Å². The van der Waals surface area contributed by atoms with E-state index >= 15 is 0 Å². The average molecular weight is 707 g/mol. The number of aliphatic hydroxyl groups excluding tert-OH is 1. The van der Waals surface area contributed by atoms with Crippen LogP contribution in [0.2, 0.25) is 0 Å². The predicted molar refractivity (Wildman–Crippen MR) is 232 cm³/mol. The van der Waals surface area contributed by atoms with E-state index in [-0.39, 0.29) is 17.9 Å². The van der Waals surface area contributed by atoms with Gasteiger partial charge in [0.05, 0.1) is 12.2 Å². The molecule has 2 atom stereocenters. The Balaban J connectivity index is 2.69. The van der Waals surface area contributed by atoms with E-state index < -0.39 is 5.60 Å². The molecular weight excluding hydrogens is 633 g/mol. The highest BCUT2D eigenvalue weighted by Crippen LogP contribution is 2.47. The molecule has 52 heavy (non-hydrogen) atoms. The summed E-state index contributed by atoms with van der Waals surface area (Å²) in [6.45, 7) is 28.0. The maximum absolute atomic E-state index is 10.6. The molecule has 0 aromatic rings. The Morgan fingerprint density at radius 3 is 1.73 bits per heavy atom. The van der Waals surface area contributed by atoms with Crippen LogP contribution in [-0.4, -0.2) is 22.4 Å². The second kappa shape index (κ2) is 24.0. The van der Waals surface area contributed by atoms with Gasteiger partial charge in [0.1, 0.15) is 0 Å². The molecule has 0 saturated carbocycles. The lowest BCUT2D eigenvalue weighted by molar-refractivity contribution is 0.0145. The van der Waals surface area contributed by atoms with E-state index in [4.69, 9.17) is 0 Å². The summed E-state index contributed by atoms with van der Waals surface area (Å²) in [5, 5.41) is 20.0. The van der Waals surface area contributed by atoms with E-state index in [9.17, 15) is 10.2 Å². The third kappa shape index (κ3) is 19.4. The van der Waals surface area contributed by atoms with Gasteiger partial charge in [0.25, 0.3) is 0 Å². The van der Waals surface area contributed by atoms with Crippen LogP contribution in [0, 0.1) is 17.3 Å². The molecule has 2 nitrogen and oxygen atoms in total. The Morgan fingerprint density at radius 2 is 1.23 bits per heavy atom. The molecule has 0 heterocycles. The van der Waals surface area contributed by atoms with Crippen molar-refractivity contribution >= 4 is 0 Å². The molecule has 0 saturated heterocycles. The van der Waals surface area contributed by atoms with Gasteiger partial charge in [0.15, 0.2) is 0 Å². The summed E-state index contributed by atoms with van der Waals surface area (Å²) in [6.07, 6.45) is 43.0. The molecular formula is C50H74O2. The maximum Gasteiger partial charge on any atom is 0.0639 e. The molecule has 1 aliphatic carbocycles. The zero-order valence-electron chi connectivity index (χ0n) is 35.3. The van der Waals surface area contributed by atoms with Gasteiger partial charge in [-0.3, -0.25) is 0 Å². The van der Waals surface area contributed by atoms with Crippen LogP contribution >= 0.6 is 0 Å². The summed E-state index contributed by atoms with van der Waals surface area (Å²) in [7, 11) is 0. The van der Waals surface area contributed by atoms with Crippen molar-refractivity contribution in [1.82, 2.24) is 0 Å². The first kappa shape index (κ1) is 46.6. The van der Waals surface area contributed by atoms with Gasteiger partial charge in [-0.1, -0.05) is 162 Å². The number of hydrogen-bond donors (Lipinski definition) is 2. The number of hydrogen-bond acceptors (Lipinski definition) is 2. The van der Waals surface area contributed by atoms with E-state index in [0.717, 1.165) is 37.7 Å². The van der Waals surface area contributed by atoms with Crippen molar-refractivity contribution in [2.75, 3.05) is 6.61 Å². The fourth-order valence-corrected chi connectivity index (χ4v) is 6.38. The lowest BCUT2D eigenvalue weighted by Gasteiger charge is -2.41. The van der Waals surface area contributed by atoms with Crippen molar-refractivity contribution in [2.45, 2.75) is 134 Å². The zero-order chi connectivity index (χ0) is 39.3. The van der Waals surface area contributed by atoms with Gasteiger partial charge in [-0.25, -0.2) is 0 Å². The van der Waals surface area contributed by atoms with Crippen molar-refractivity contribution in [3.63, 3.8) is 0 Å². The Morgan fingerprint density at radius 1 is 0.731 bits per heavy atom. The average Bonchev–Trinajstić information content (AvgIpc) is 3.05. The zero-order valence-corrected chi connectivity index (χ0v) is 35.3. The monoisotopic (exact) mass is 707 g/mol. The van der Waals surface area contributed by atoms with E-state index in [1.165, 1.54) is 51.0 Å². The number of aliphatic hydroxyl groups is 2. The van der Waals surface area contributed by atoms with Crippen molar-refractivity contribution < 1.29 is 10.2 Å². The molecule has 286 valence electrons. The van der Waals surface area contributed by atoms with Crippen LogP contribution < -0.4 is 0 Å². The van der Waals surface area contributed by atoms with Crippen LogP contribution in [0.15, 0.2) is 153 Å². The van der Waals surface area contributed by atoms with Gasteiger partial charge in [-0.2, -0.15) is 0 Å². The normalized spacial score (nSPS) is 19.8. The minimum Gasteiger partial charge on any atom is -0.392 e. The van der Waals surface area contributed by atoms with Crippen LogP contribution in [0.4, 0.5) is 0 Å². The molecule has 0 amide bonds. The van der Waals surface area contributed by atoms with Crippen LogP contribution in [0.25, 0.3) is 0 Å². The van der Waals surface area contributed by atoms with Crippen LogP contribution in [-0.2, 0) is 0 Å². The molecule has 0 aromatic carbocycles. The summed E-state index contributed by atoms with van der Waals surface area (Å²) >= 11 is 0. The van der Waals surface area contributed by atoms with Gasteiger partial charge < -0.3 is 10.2 Å². The van der Waals surface area contributed by atoms with Gasteiger partial charge in [0.2, 0.25) is 0 Å². The van der Waals surface area contributed by atoms with E-state index in [0.29, 0.717) is 5.92 Å².